The summed E-state index contributed by atoms with van der Waals surface area (Å²) >= 11 is 0. The van der Waals surface area contributed by atoms with Gasteiger partial charge < -0.3 is 39.6 Å². The molecule has 362 valence electrons. The molecule has 0 heterocycles. The molecule has 4 aliphatic rings. The first kappa shape index (κ1) is 46.9. The van der Waals surface area contributed by atoms with Crippen LogP contribution in [0.25, 0.3) is 28.0 Å². The first-order chi connectivity index (χ1) is 33.9. The fourth-order valence-electron chi connectivity index (χ4n) is 13.1. The predicted molar refractivity (Wildman–Crippen MR) is 271 cm³/mol. The number of hydrogen-bond donors (Lipinski definition) is 4. The summed E-state index contributed by atoms with van der Waals surface area (Å²) in [5, 5.41) is 38.4. The van der Waals surface area contributed by atoms with Crippen molar-refractivity contribution in [2.24, 2.45) is 17.3 Å². The third-order valence-corrected chi connectivity index (χ3v) is 16.3. The number of esters is 2. The lowest BCUT2D eigenvalue weighted by Gasteiger charge is -2.56. The van der Waals surface area contributed by atoms with Crippen molar-refractivity contribution >= 4 is 28.8 Å². The standard InChI is InChI=1S/C60H63NO9/c1-36(62)69-55-32-46(70-58(66)59(20-8-9-21-59)44-17-15-40-24-45(63)30-48(47(40)29-44)39-14-10-13-38(23-39)35-61-2)31-50-49-33-57(68-4)53(64)26-41(49)16-18-51(50)60(22-19-37-11-6-5-7-12-37)34-43-27-54(65)56(67-3)28-42(43)25-52(55)60/h5-7,10-15,17,19,22-24,26-30,33,46,50-52,55,61,63-65H,8-9,16,18,20-21,25,31-32,34-35H2,1-4H3. The summed E-state index contributed by atoms with van der Waals surface area (Å²) in [7, 11) is 5.03. The van der Waals surface area contributed by atoms with E-state index >= 15 is 4.79 Å². The van der Waals surface area contributed by atoms with Crippen LogP contribution in [-0.2, 0) is 50.3 Å². The van der Waals surface area contributed by atoms with E-state index in [2.05, 4.69) is 53.9 Å². The SMILES string of the molecule is CNCc1cccc(-c2cc(O)cc3ccc(C4(C(=O)OC5CC(OC(C)=O)C6Cc7cc(OC)c(O)cc7CC6(C=Cc6ccccc6)C6CCc7cc(O)c(OC)cc7C6C5)CCCC4)cc23)c1. The second-order valence-corrected chi connectivity index (χ2v) is 20.2. The summed E-state index contributed by atoms with van der Waals surface area (Å²) in [6, 6.07) is 35.8. The molecule has 0 bridgehead atoms. The number of nitrogens with one attached hydrogen (secondary N) is 1. The van der Waals surface area contributed by atoms with Crippen LogP contribution in [0.2, 0.25) is 0 Å². The molecule has 4 aliphatic carbocycles. The summed E-state index contributed by atoms with van der Waals surface area (Å²) in [5.41, 5.74) is 7.46. The van der Waals surface area contributed by atoms with Gasteiger partial charge in [-0.05, 0) is 173 Å². The summed E-state index contributed by atoms with van der Waals surface area (Å²) in [5.74, 6) is -0.0944. The summed E-state index contributed by atoms with van der Waals surface area (Å²) in [6.45, 7) is 2.15. The zero-order valence-corrected chi connectivity index (χ0v) is 40.5. The van der Waals surface area contributed by atoms with Crippen molar-refractivity contribution in [2.45, 2.75) is 101 Å². The summed E-state index contributed by atoms with van der Waals surface area (Å²) < 4.78 is 25.0. The third kappa shape index (κ3) is 8.65. The van der Waals surface area contributed by atoms with E-state index in [1.165, 1.54) is 6.92 Å². The minimum atomic E-state index is -0.931. The molecule has 0 aromatic heterocycles. The molecule has 6 aromatic carbocycles. The van der Waals surface area contributed by atoms with Gasteiger partial charge in [-0.2, -0.15) is 0 Å². The van der Waals surface area contributed by atoms with Gasteiger partial charge >= 0.3 is 11.9 Å². The van der Waals surface area contributed by atoms with Gasteiger partial charge in [-0.1, -0.05) is 85.7 Å². The number of methoxy groups -OCH3 is 2. The van der Waals surface area contributed by atoms with Crippen molar-refractivity contribution in [3.05, 3.63) is 154 Å². The molecule has 0 spiro atoms. The highest BCUT2D eigenvalue weighted by molar-refractivity contribution is 5.99. The van der Waals surface area contributed by atoms with Gasteiger partial charge in [0.25, 0.3) is 0 Å². The average molecular weight is 942 g/mol. The number of benzene rings is 6. The second-order valence-electron chi connectivity index (χ2n) is 20.2. The number of aromatic hydroxyl groups is 3. The topological polar surface area (TPSA) is 144 Å². The van der Waals surface area contributed by atoms with Crippen LogP contribution in [0.1, 0.15) is 96.7 Å². The molecule has 6 atom stereocenters. The number of carbonyl (C=O) groups excluding carboxylic acids is 2. The highest BCUT2D eigenvalue weighted by Crippen LogP contribution is 2.61. The summed E-state index contributed by atoms with van der Waals surface area (Å²) in [4.78, 5) is 29.0. The number of fused-ring (bicyclic) bond motifs is 7. The maximum Gasteiger partial charge on any atom is 0.316 e. The van der Waals surface area contributed by atoms with Crippen LogP contribution in [-0.4, -0.2) is 60.7 Å². The van der Waals surface area contributed by atoms with E-state index in [-0.39, 0.29) is 47.4 Å². The Morgan fingerprint density at radius 2 is 1.53 bits per heavy atom. The number of ether oxygens (including phenoxy) is 4. The Kier molecular flexibility index (Phi) is 12.9. The van der Waals surface area contributed by atoms with Gasteiger partial charge in [0, 0.05) is 31.2 Å². The van der Waals surface area contributed by atoms with Crippen LogP contribution in [0.5, 0.6) is 28.7 Å². The normalized spacial score (nSPS) is 23.5. The molecule has 10 heteroatoms. The fraction of sp³-hybridized carbons (Fsp3) is 0.367. The quantitative estimate of drug-likeness (QED) is 0.0927. The van der Waals surface area contributed by atoms with Crippen LogP contribution in [0.15, 0.2) is 115 Å². The molecular weight excluding hydrogens is 879 g/mol. The van der Waals surface area contributed by atoms with Crippen molar-refractivity contribution < 1.29 is 43.9 Å². The van der Waals surface area contributed by atoms with E-state index in [9.17, 15) is 20.1 Å². The Labute approximate surface area is 410 Å². The minimum absolute atomic E-state index is 0.0569. The molecule has 0 radical (unpaired) electrons. The number of phenolic OH excluding ortho intramolecular Hbond substituents is 3. The molecule has 10 nitrogen and oxygen atoms in total. The Bertz CT molecular complexity index is 2970. The maximum atomic E-state index is 15.6. The van der Waals surface area contributed by atoms with Crippen molar-refractivity contribution in [2.75, 3.05) is 21.3 Å². The third-order valence-electron chi connectivity index (χ3n) is 16.3. The molecule has 0 saturated heterocycles. The maximum absolute atomic E-state index is 15.6. The first-order valence-corrected chi connectivity index (χ1v) is 24.8. The van der Waals surface area contributed by atoms with Crippen LogP contribution >= 0.6 is 0 Å². The Hall–Kier alpha value is -6.78. The Morgan fingerprint density at radius 1 is 0.771 bits per heavy atom. The Balaban J connectivity index is 1.10. The molecule has 0 amide bonds. The molecule has 70 heavy (non-hydrogen) atoms. The lowest BCUT2D eigenvalue weighted by atomic mass is 9.49. The second kappa shape index (κ2) is 19.2. The fourth-order valence-corrected chi connectivity index (χ4v) is 13.1. The lowest BCUT2D eigenvalue weighted by molar-refractivity contribution is -0.168. The smallest absolute Gasteiger partial charge is 0.316 e. The molecule has 10 rings (SSSR count). The highest BCUT2D eigenvalue weighted by atomic mass is 16.6. The van der Waals surface area contributed by atoms with Gasteiger partial charge in [0.2, 0.25) is 0 Å². The predicted octanol–water partition coefficient (Wildman–Crippen LogP) is 11.3. The molecule has 0 aliphatic heterocycles. The minimum Gasteiger partial charge on any atom is -0.508 e. The average Bonchev–Trinajstić information content (AvgIpc) is 3.86. The molecular formula is C60H63NO9. The van der Waals surface area contributed by atoms with E-state index in [0.717, 1.165) is 80.1 Å². The van der Waals surface area contributed by atoms with Gasteiger partial charge in [-0.15, -0.1) is 0 Å². The number of aryl methyl sites for hydroxylation is 1. The molecule has 4 N–H and O–H groups in total. The molecule has 2 saturated carbocycles. The van der Waals surface area contributed by atoms with Gasteiger partial charge in [0.05, 0.1) is 19.6 Å². The van der Waals surface area contributed by atoms with Gasteiger partial charge in [0.1, 0.15) is 18.0 Å². The van der Waals surface area contributed by atoms with Gasteiger partial charge in [0.15, 0.2) is 23.0 Å². The van der Waals surface area contributed by atoms with Crippen molar-refractivity contribution in [3.63, 3.8) is 0 Å². The number of carbonyl (C=O) groups is 2. The van der Waals surface area contributed by atoms with E-state index in [1.54, 1.807) is 26.4 Å². The number of phenols is 3. The monoisotopic (exact) mass is 941 g/mol. The summed E-state index contributed by atoms with van der Waals surface area (Å²) in [6.07, 6.45) is 9.45. The Morgan fingerprint density at radius 3 is 2.27 bits per heavy atom. The van der Waals surface area contributed by atoms with Crippen molar-refractivity contribution in [3.8, 4) is 39.9 Å². The zero-order chi connectivity index (χ0) is 48.7. The number of allylic oxidation sites excluding steroid dienone is 1. The van der Waals surface area contributed by atoms with Crippen LogP contribution in [0, 0.1) is 17.3 Å². The van der Waals surface area contributed by atoms with E-state index in [4.69, 9.17) is 18.9 Å². The molecule has 6 unspecified atom stereocenters. The molecule has 2 fully saturated rings. The highest BCUT2D eigenvalue weighted by Gasteiger charge is 2.57. The zero-order valence-electron chi connectivity index (χ0n) is 40.5. The van der Waals surface area contributed by atoms with Crippen LogP contribution < -0.4 is 14.8 Å². The van der Waals surface area contributed by atoms with Crippen LogP contribution in [0.4, 0.5) is 0 Å². The van der Waals surface area contributed by atoms with E-state index in [0.29, 0.717) is 56.6 Å². The van der Waals surface area contributed by atoms with Gasteiger partial charge in [-0.25, -0.2) is 0 Å². The lowest BCUT2D eigenvalue weighted by Crippen LogP contribution is -2.54. The van der Waals surface area contributed by atoms with E-state index in [1.807, 2.05) is 67.7 Å². The first-order valence-electron chi connectivity index (χ1n) is 24.8. The molecule has 6 aromatic rings. The van der Waals surface area contributed by atoms with Crippen LogP contribution in [0.3, 0.4) is 0 Å². The van der Waals surface area contributed by atoms with Gasteiger partial charge in [-0.3, -0.25) is 9.59 Å². The van der Waals surface area contributed by atoms with Crippen molar-refractivity contribution in [1.82, 2.24) is 5.32 Å². The number of hydrogen-bond acceptors (Lipinski definition) is 10. The largest absolute Gasteiger partial charge is 0.508 e. The number of rotatable bonds is 11. The van der Waals surface area contributed by atoms with Crippen molar-refractivity contribution in [1.29, 1.82) is 0 Å². The van der Waals surface area contributed by atoms with E-state index < -0.39 is 29.0 Å².